The molecule has 3 rings (SSSR count). The predicted molar refractivity (Wildman–Crippen MR) is 96.1 cm³/mol. The van der Waals surface area contributed by atoms with Crippen LogP contribution in [-0.2, 0) is 6.61 Å². The molecule has 25 heavy (non-hydrogen) atoms. The Balaban J connectivity index is 1.74. The van der Waals surface area contributed by atoms with Gasteiger partial charge in [-0.1, -0.05) is 29.8 Å². The molecule has 6 heteroatoms. The molecular formula is C19H20N4O2. The summed E-state index contributed by atoms with van der Waals surface area (Å²) >= 11 is 0. The van der Waals surface area contributed by atoms with Gasteiger partial charge in [0.25, 0.3) is 0 Å². The van der Waals surface area contributed by atoms with E-state index in [0.717, 1.165) is 11.1 Å². The van der Waals surface area contributed by atoms with E-state index in [0.29, 0.717) is 24.7 Å². The Morgan fingerprint density at radius 1 is 1.04 bits per heavy atom. The minimum absolute atomic E-state index is 0.496. The minimum Gasteiger partial charge on any atom is -0.490 e. The number of hydrogen-bond donors (Lipinski definition) is 0. The summed E-state index contributed by atoms with van der Waals surface area (Å²) in [6.45, 7) is 5.07. The number of nitrogens with zero attached hydrogens (tertiary/aromatic N) is 4. The molecule has 0 unspecified atom stereocenters. The second-order valence-corrected chi connectivity index (χ2v) is 5.50. The number of ether oxygens (including phenoxy) is 2. The van der Waals surface area contributed by atoms with Crippen molar-refractivity contribution in [2.75, 3.05) is 6.61 Å². The maximum atomic E-state index is 5.94. The maximum absolute atomic E-state index is 5.94. The van der Waals surface area contributed by atoms with Crippen molar-refractivity contribution in [1.29, 1.82) is 0 Å². The summed E-state index contributed by atoms with van der Waals surface area (Å²) in [5, 5.41) is 11.7. The molecule has 0 N–H and O–H groups in total. The van der Waals surface area contributed by atoms with Gasteiger partial charge in [-0.15, -0.1) is 10.2 Å². The average molecular weight is 336 g/mol. The van der Waals surface area contributed by atoms with Gasteiger partial charge in [-0.05, 0) is 43.2 Å². The fourth-order valence-electron chi connectivity index (χ4n) is 2.34. The van der Waals surface area contributed by atoms with Crippen LogP contribution in [0.1, 0.15) is 23.6 Å². The van der Waals surface area contributed by atoms with Crippen LogP contribution in [0.2, 0.25) is 0 Å². The van der Waals surface area contributed by atoms with E-state index in [9.17, 15) is 0 Å². The highest BCUT2D eigenvalue weighted by molar-refractivity contribution is 5.80. The van der Waals surface area contributed by atoms with E-state index in [1.165, 1.54) is 22.9 Å². The van der Waals surface area contributed by atoms with Crippen LogP contribution in [0, 0.1) is 6.92 Å². The molecule has 3 aromatic rings. The smallest absolute Gasteiger partial charge is 0.161 e. The monoisotopic (exact) mass is 336 g/mol. The van der Waals surface area contributed by atoms with Crippen LogP contribution in [0.15, 0.2) is 60.2 Å². The third-order valence-electron chi connectivity index (χ3n) is 3.49. The Hall–Kier alpha value is -3.15. The number of hydrogen-bond acceptors (Lipinski definition) is 5. The molecule has 0 aliphatic rings. The van der Waals surface area contributed by atoms with Gasteiger partial charge < -0.3 is 9.47 Å². The summed E-state index contributed by atoms with van der Waals surface area (Å²) in [6, 6.07) is 14.0. The van der Waals surface area contributed by atoms with Crippen LogP contribution in [0.4, 0.5) is 0 Å². The van der Waals surface area contributed by atoms with Gasteiger partial charge in [0.05, 0.1) is 12.8 Å². The molecule has 0 spiro atoms. The standard InChI is InChI=1S/C19H20N4O2/c1-3-24-19-10-16(11-22-23-13-20-21-14-23)7-8-18(19)25-12-17-6-4-5-15(2)9-17/h4-11,13-14H,3,12H2,1-2H3/b22-11+. The minimum atomic E-state index is 0.496. The summed E-state index contributed by atoms with van der Waals surface area (Å²) in [6.07, 6.45) is 4.77. The summed E-state index contributed by atoms with van der Waals surface area (Å²) in [4.78, 5) is 0. The fourth-order valence-corrected chi connectivity index (χ4v) is 2.34. The highest BCUT2D eigenvalue weighted by atomic mass is 16.5. The first-order valence-corrected chi connectivity index (χ1v) is 8.09. The van der Waals surface area contributed by atoms with Crippen molar-refractivity contribution in [3.63, 3.8) is 0 Å². The largest absolute Gasteiger partial charge is 0.490 e. The molecule has 2 aromatic carbocycles. The van der Waals surface area contributed by atoms with Crippen molar-refractivity contribution in [2.24, 2.45) is 5.10 Å². The molecule has 0 radical (unpaired) electrons. The van der Waals surface area contributed by atoms with Crippen LogP contribution in [0.3, 0.4) is 0 Å². The van der Waals surface area contributed by atoms with E-state index in [4.69, 9.17) is 9.47 Å². The van der Waals surface area contributed by atoms with E-state index in [1.807, 2.05) is 37.3 Å². The molecule has 0 bridgehead atoms. The molecule has 0 aliphatic carbocycles. The molecule has 0 amide bonds. The molecule has 1 heterocycles. The van der Waals surface area contributed by atoms with Crippen LogP contribution >= 0.6 is 0 Å². The quantitative estimate of drug-likeness (QED) is 0.620. The van der Waals surface area contributed by atoms with Gasteiger partial charge in [-0.25, -0.2) is 4.68 Å². The first kappa shape index (κ1) is 16.7. The first-order chi connectivity index (χ1) is 12.2. The van der Waals surface area contributed by atoms with Gasteiger partial charge in [0.1, 0.15) is 19.3 Å². The Morgan fingerprint density at radius 2 is 1.88 bits per heavy atom. The van der Waals surface area contributed by atoms with Gasteiger partial charge in [-0.3, -0.25) is 0 Å². The molecular weight excluding hydrogens is 316 g/mol. The van der Waals surface area contributed by atoms with Crippen molar-refractivity contribution in [1.82, 2.24) is 14.9 Å². The zero-order valence-electron chi connectivity index (χ0n) is 14.3. The third kappa shape index (κ3) is 4.67. The molecule has 0 aliphatic heterocycles. The van der Waals surface area contributed by atoms with Crippen molar-refractivity contribution < 1.29 is 9.47 Å². The number of benzene rings is 2. The lowest BCUT2D eigenvalue weighted by Crippen LogP contribution is -2.00. The highest BCUT2D eigenvalue weighted by Crippen LogP contribution is 2.29. The maximum Gasteiger partial charge on any atom is 0.161 e. The van der Waals surface area contributed by atoms with E-state index >= 15 is 0 Å². The van der Waals surface area contributed by atoms with Crippen LogP contribution in [0.5, 0.6) is 11.5 Å². The lowest BCUT2D eigenvalue weighted by Gasteiger charge is -2.13. The van der Waals surface area contributed by atoms with Gasteiger partial charge in [-0.2, -0.15) is 5.10 Å². The lowest BCUT2D eigenvalue weighted by molar-refractivity contribution is 0.269. The van der Waals surface area contributed by atoms with Gasteiger partial charge in [0.15, 0.2) is 11.5 Å². The predicted octanol–water partition coefficient (Wildman–Crippen LogP) is 3.45. The number of rotatable bonds is 7. The van der Waals surface area contributed by atoms with Gasteiger partial charge >= 0.3 is 0 Å². The van der Waals surface area contributed by atoms with Crippen molar-refractivity contribution in [2.45, 2.75) is 20.5 Å². The summed E-state index contributed by atoms with van der Waals surface area (Å²) < 4.78 is 13.2. The van der Waals surface area contributed by atoms with Crippen LogP contribution in [0.25, 0.3) is 0 Å². The normalized spacial score (nSPS) is 11.0. The molecule has 128 valence electrons. The van der Waals surface area contributed by atoms with Crippen LogP contribution < -0.4 is 9.47 Å². The summed E-state index contributed by atoms with van der Waals surface area (Å²) in [5.74, 6) is 1.41. The molecule has 0 saturated carbocycles. The Labute approximate surface area is 146 Å². The Morgan fingerprint density at radius 3 is 2.64 bits per heavy atom. The average Bonchev–Trinajstić information content (AvgIpc) is 3.13. The van der Waals surface area contributed by atoms with Crippen molar-refractivity contribution >= 4 is 6.21 Å². The van der Waals surface area contributed by atoms with Gasteiger partial charge in [0, 0.05) is 0 Å². The van der Waals surface area contributed by atoms with E-state index in [1.54, 1.807) is 6.21 Å². The number of aromatic nitrogens is 3. The zero-order valence-corrected chi connectivity index (χ0v) is 14.3. The molecule has 1 aromatic heterocycles. The lowest BCUT2D eigenvalue weighted by atomic mass is 10.1. The summed E-state index contributed by atoms with van der Waals surface area (Å²) in [7, 11) is 0. The second-order valence-electron chi connectivity index (χ2n) is 5.50. The third-order valence-corrected chi connectivity index (χ3v) is 3.49. The summed E-state index contributed by atoms with van der Waals surface area (Å²) in [5.41, 5.74) is 3.24. The molecule has 0 saturated heterocycles. The molecule has 0 atom stereocenters. The van der Waals surface area contributed by atoms with Crippen LogP contribution in [-0.4, -0.2) is 27.7 Å². The molecule has 6 nitrogen and oxygen atoms in total. The Bertz CT molecular complexity index is 844. The molecule has 0 fully saturated rings. The Kier molecular flexibility index (Phi) is 5.41. The first-order valence-electron chi connectivity index (χ1n) is 8.09. The topological polar surface area (TPSA) is 61.5 Å². The zero-order chi connectivity index (χ0) is 17.5. The van der Waals surface area contributed by atoms with E-state index in [2.05, 4.69) is 34.4 Å². The van der Waals surface area contributed by atoms with Gasteiger partial charge in [0.2, 0.25) is 0 Å². The fraction of sp³-hybridized carbons (Fsp3) is 0.211. The highest BCUT2D eigenvalue weighted by Gasteiger charge is 2.06. The number of aryl methyl sites for hydroxylation is 1. The second kappa shape index (κ2) is 8.10. The van der Waals surface area contributed by atoms with E-state index < -0.39 is 0 Å². The SMILES string of the molecule is CCOc1cc(/C=N/n2cnnc2)ccc1OCc1cccc(C)c1. The van der Waals surface area contributed by atoms with Crippen molar-refractivity contribution in [3.05, 3.63) is 71.8 Å². The van der Waals surface area contributed by atoms with E-state index in [-0.39, 0.29) is 0 Å². The van der Waals surface area contributed by atoms with Crippen molar-refractivity contribution in [3.8, 4) is 11.5 Å².